The van der Waals surface area contributed by atoms with Gasteiger partial charge in [0.2, 0.25) is 5.82 Å². The van der Waals surface area contributed by atoms with E-state index in [0.29, 0.717) is 17.8 Å². The van der Waals surface area contributed by atoms with E-state index in [1.807, 2.05) is 30.3 Å². The molecule has 0 aliphatic heterocycles. The molecule has 1 fully saturated rings. The smallest absolute Gasteiger partial charge is 0.250 e. The molecular formula is C26H31N3O. The molecule has 1 saturated carbocycles. The predicted molar refractivity (Wildman–Crippen MR) is 122 cm³/mol. The maximum absolute atomic E-state index is 5.48. The molecule has 3 aromatic rings. The monoisotopic (exact) mass is 401 g/mol. The average Bonchev–Trinajstić information content (AvgIpc) is 3.25. The molecule has 1 aliphatic carbocycles. The van der Waals surface area contributed by atoms with E-state index in [1.165, 1.54) is 30.4 Å². The number of hydrogen-bond acceptors (Lipinski definition) is 4. The van der Waals surface area contributed by atoms with Crippen LogP contribution in [0.25, 0.3) is 17.5 Å². The van der Waals surface area contributed by atoms with Crippen molar-refractivity contribution < 1.29 is 4.52 Å². The van der Waals surface area contributed by atoms with Crippen molar-refractivity contribution in [3.8, 4) is 11.4 Å². The summed E-state index contributed by atoms with van der Waals surface area (Å²) in [7, 11) is 4.45. The lowest BCUT2D eigenvalue weighted by Gasteiger charge is -2.35. The van der Waals surface area contributed by atoms with Gasteiger partial charge in [-0.1, -0.05) is 71.4 Å². The first-order chi connectivity index (χ1) is 14.7. The highest BCUT2D eigenvalue weighted by Crippen LogP contribution is 2.34. The van der Waals surface area contributed by atoms with Gasteiger partial charge in [-0.05, 0) is 64.1 Å². The lowest BCUT2D eigenvalue weighted by Crippen LogP contribution is -2.37. The van der Waals surface area contributed by atoms with E-state index in [-0.39, 0.29) is 0 Å². The van der Waals surface area contributed by atoms with Crippen molar-refractivity contribution in [2.45, 2.75) is 44.6 Å². The topological polar surface area (TPSA) is 42.2 Å². The summed E-state index contributed by atoms with van der Waals surface area (Å²) < 4.78 is 5.48. The maximum Gasteiger partial charge on any atom is 0.250 e. The molecule has 2 aromatic carbocycles. The van der Waals surface area contributed by atoms with Crippen LogP contribution >= 0.6 is 0 Å². The lowest BCUT2D eigenvalue weighted by atomic mass is 9.79. The Hall–Kier alpha value is -2.72. The minimum Gasteiger partial charge on any atom is -0.334 e. The molecule has 4 nitrogen and oxygen atoms in total. The number of hydrogen-bond donors (Lipinski definition) is 0. The molecule has 1 atom stereocenters. The van der Waals surface area contributed by atoms with Crippen LogP contribution in [0, 0.1) is 5.92 Å². The van der Waals surface area contributed by atoms with E-state index in [0.717, 1.165) is 30.7 Å². The van der Waals surface area contributed by atoms with Gasteiger partial charge in [-0.3, -0.25) is 0 Å². The molecule has 1 heterocycles. The van der Waals surface area contributed by atoms with E-state index in [2.05, 4.69) is 65.5 Å². The molecule has 4 rings (SSSR count). The third kappa shape index (κ3) is 5.25. The summed E-state index contributed by atoms with van der Waals surface area (Å²) in [5, 5.41) is 4.13. The maximum atomic E-state index is 5.48. The minimum atomic E-state index is 0.621. The van der Waals surface area contributed by atoms with Crippen LogP contribution in [0.2, 0.25) is 0 Å². The highest BCUT2D eigenvalue weighted by molar-refractivity contribution is 5.55. The summed E-state index contributed by atoms with van der Waals surface area (Å²) in [6.45, 7) is 0. The first-order valence-electron chi connectivity index (χ1n) is 11.0. The zero-order valence-electron chi connectivity index (χ0n) is 18.0. The summed E-state index contributed by atoms with van der Waals surface area (Å²) in [4.78, 5) is 6.98. The van der Waals surface area contributed by atoms with Crippen molar-refractivity contribution in [3.05, 3.63) is 77.7 Å². The second-order valence-electron chi connectivity index (χ2n) is 8.52. The SMILES string of the molecule is CN(C)C(CCc1ccccc1)C1CCC(=Cc2nc(-c3ccccc3)no2)CC1. The normalized spacial score (nSPS) is 17.8. The third-order valence-electron chi connectivity index (χ3n) is 6.25. The van der Waals surface area contributed by atoms with Crippen LogP contribution in [-0.2, 0) is 6.42 Å². The van der Waals surface area contributed by atoms with Crippen molar-refractivity contribution in [3.63, 3.8) is 0 Å². The fourth-order valence-electron chi connectivity index (χ4n) is 4.59. The van der Waals surface area contributed by atoms with E-state index < -0.39 is 0 Å². The zero-order chi connectivity index (χ0) is 20.8. The molecule has 0 amide bonds. The molecule has 0 N–H and O–H groups in total. The van der Waals surface area contributed by atoms with Crippen LogP contribution in [-0.4, -0.2) is 35.2 Å². The fourth-order valence-corrected chi connectivity index (χ4v) is 4.59. The Labute approximate surface area is 179 Å². The van der Waals surface area contributed by atoms with Crippen molar-refractivity contribution in [2.24, 2.45) is 5.92 Å². The van der Waals surface area contributed by atoms with Gasteiger partial charge in [-0.2, -0.15) is 4.98 Å². The number of aromatic nitrogens is 2. The molecule has 0 spiro atoms. The van der Waals surface area contributed by atoms with Gasteiger partial charge in [0.1, 0.15) is 0 Å². The number of nitrogens with zero attached hydrogens (tertiary/aromatic N) is 3. The molecule has 30 heavy (non-hydrogen) atoms. The Kier molecular flexibility index (Phi) is 6.75. The van der Waals surface area contributed by atoms with Crippen LogP contribution in [0.15, 0.2) is 70.8 Å². The quantitative estimate of drug-likeness (QED) is 0.496. The Morgan fingerprint density at radius 1 is 1.00 bits per heavy atom. The minimum absolute atomic E-state index is 0.621. The predicted octanol–water partition coefficient (Wildman–Crippen LogP) is 5.87. The van der Waals surface area contributed by atoms with Gasteiger partial charge in [0, 0.05) is 17.7 Å². The highest BCUT2D eigenvalue weighted by atomic mass is 16.5. The summed E-state index contributed by atoms with van der Waals surface area (Å²) >= 11 is 0. The third-order valence-corrected chi connectivity index (χ3v) is 6.25. The molecule has 4 heteroatoms. The number of rotatable bonds is 7. The van der Waals surface area contributed by atoms with Crippen LogP contribution in [0.3, 0.4) is 0 Å². The van der Waals surface area contributed by atoms with Gasteiger partial charge in [0.15, 0.2) is 0 Å². The lowest BCUT2D eigenvalue weighted by molar-refractivity contribution is 0.172. The van der Waals surface area contributed by atoms with Gasteiger partial charge >= 0.3 is 0 Å². The standard InChI is InChI=1S/C26H31N3O/c1-29(2)24(18-15-20-9-5-3-6-10-20)22-16-13-21(14-17-22)19-25-27-26(28-30-25)23-11-7-4-8-12-23/h3-12,19,22,24H,13-18H2,1-2H3. The summed E-state index contributed by atoms with van der Waals surface area (Å²) in [5.74, 6) is 2.02. The number of aryl methyl sites for hydroxylation is 1. The van der Waals surface area contributed by atoms with Crippen molar-refractivity contribution >= 4 is 6.08 Å². The van der Waals surface area contributed by atoms with Gasteiger partial charge < -0.3 is 9.42 Å². The van der Waals surface area contributed by atoms with Crippen LogP contribution in [0.1, 0.15) is 43.6 Å². The largest absolute Gasteiger partial charge is 0.334 e. The highest BCUT2D eigenvalue weighted by Gasteiger charge is 2.26. The van der Waals surface area contributed by atoms with Gasteiger partial charge in [-0.15, -0.1) is 0 Å². The molecule has 0 radical (unpaired) electrons. The van der Waals surface area contributed by atoms with E-state index in [9.17, 15) is 0 Å². The Morgan fingerprint density at radius 2 is 1.67 bits per heavy atom. The van der Waals surface area contributed by atoms with Crippen molar-refractivity contribution in [1.82, 2.24) is 15.0 Å². The van der Waals surface area contributed by atoms with Crippen LogP contribution < -0.4 is 0 Å². The van der Waals surface area contributed by atoms with Crippen molar-refractivity contribution in [1.29, 1.82) is 0 Å². The van der Waals surface area contributed by atoms with Crippen LogP contribution in [0.5, 0.6) is 0 Å². The zero-order valence-corrected chi connectivity index (χ0v) is 18.0. The second-order valence-corrected chi connectivity index (χ2v) is 8.52. The summed E-state index contributed by atoms with van der Waals surface area (Å²) in [5.41, 5.74) is 3.85. The first-order valence-corrected chi connectivity index (χ1v) is 11.0. The summed E-state index contributed by atoms with van der Waals surface area (Å²) in [6, 6.07) is 21.4. The van der Waals surface area contributed by atoms with E-state index in [4.69, 9.17) is 4.52 Å². The fraction of sp³-hybridized carbons (Fsp3) is 0.385. The Balaban J connectivity index is 1.34. The molecule has 1 aromatic heterocycles. The van der Waals surface area contributed by atoms with Gasteiger partial charge in [0.25, 0.3) is 5.89 Å². The van der Waals surface area contributed by atoms with Gasteiger partial charge in [-0.25, -0.2) is 0 Å². The van der Waals surface area contributed by atoms with Crippen LogP contribution in [0.4, 0.5) is 0 Å². The molecule has 156 valence electrons. The van der Waals surface area contributed by atoms with Crippen molar-refractivity contribution in [2.75, 3.05) is 14.1 Å². The molecule has 1 aliphatic rings. The van der Waals surface area contributed by atoms with Gasteiger partial charge in [0.05, 0.1) is 0 Å². The molecule has 0 bridgehead atoms. The molecule has 0 saturated heterocycles. The Morgan fingerprint density at radius 3 is 2.33 bits per heavy atom. The summed E-state index contributed by atoms with van der Waals surface area (Å²) in [6.07, 6.45) is 9.14. The van der Waals surface area contributed by atoms with E-state index >= 15 is 0 Å². The molecular weight excluding hydrogens is 370 g/mol. The number of allylic oxidation sites excluding steroid dienone is 1. The first kappa shape index (κ1) is 20.5. The second kappa shape index (κ2) is 9.86. The number of benzene rings is 2. The molecule has 1 unspecified atom stereocenters. The average molecular weight is 402 g/mol. The van der Waals surface area contributed by atoms with E-state index in [1.54, 1.807) is 0 Å². The Bertz CT molecular complexity index is 937.